The number of benzene rings is 1. The summed E-state index contributed by atoms with van der Waals surface area (Å²) in [6.45, 7) is 3.38. The van der Waals surface area contributed by atoms with Gasteiger partial charge in [-0.05, 0) is 38.3 Å². The Morgan fingerprint density at radius 1 is 1.00 bits per heavy atom. The number of amides is 2. The SMILES string of the molecule is CC(=O)N[C@@H](Cc1ccccc1)C(=O)N[C@@H](CCCCN)C(C)=O. The Bertz CT molecular complexity index is 546. The van der Waals surface area contributed by atoms with Crippen LogP contribution in [0.25, 0.3) is 0 Å². The summed E-state index contributed by atoms with van der Waals surface area (Å²) < 4.78 is 0. The Balaban J connectivity index is 2.74. The van der Waals surface area contributed by atoms with E-state index in [0.717, 1.165) is 18.4 Å². The third-order valence-electron chi connectivity index (χ3n) is 3.73. The zero-order chi connectivity index (χ0) is 17.9. The van der Waals surface area contributed by atoms with Crippen LogP contribution in [-0.4, -0.2) is 36.2 Å². The Labute approximate surface area is 143 Å². The fourth-order valence-corrected chi connectivity index (χ4v) is 2.45. The van der Waals surface area contributed by atoms with E-state index >= 15 is 0 Å². The average molecular weight is 333 g/mol. The van der Waals surface area contributed by atoms with Crippen LogP contribution in [0.2, 0.25) is 0 Å². The molecular weight excluding hydrogens is 306 g/mol. The van der Waals surface area contributed by atoms with E-state index in [0.29, 0.717) is 19.4 Å². The lowest BCUT2D eigenvalue weighted by Crippen LogP contribution is -2.51. The van der Waals surface area contributed by atoms with Crippen LogP contribution >= 0.6 is 0 Å². The van der Waals surface area contributed by atoms with Crippen molar-refractivity contribution in [2.45, 2.75) is 51.6 Å². The number of ketones is 1. The molecule has 0 saturated carbocycles. The van der Waals surface area contributed by atoms with Crippen molar-refractivity contribution in [2.24, 2.45) is 5.73 Å². The lowest BCUT2D eigenvalue weighted by molar-refractivity contribution is -0.130. The second-order valence-electron chi connectivity index (χ2n) is 5.90. The molecule has 0 spiro atoms. The highest BCUT2D eigenvalue weighted by Crippen LogP contribution is 2.06. The smallest absolute Gasteiger partial charge is 0.243 e. The van der Waals surface area contributed by atoms with Crippen molar-refractivity contribution in [3.8, 4) is 0 Å². The van der Waals surface area contributed by atoms with Gasteiger partial charge in [0, 0.05) is 13.3 Å². The lowest BCUT2D eigenvalue weighted by Gasteiger charge is -2.22. The Hall–Kier alpha value is -2.21. The third kappa shape index (κ3) is 7.37. The van der Waals surface area contributed by atoms with Crippen molar-refractivity contribution in [1.29, 1.82) is 0 Å². The molecule has 0 unspecified atom stereocenters. The predicted octanol–water partition coefficient (Wildman–Crippen LogP) is 0.937. The van der Waals surface area contributed by atoms with E-state index in [1.807, 2.05) is 30.3 Å². The van der Waals surface area contributed by atoms with E-state index in [-0.39, 0.29) is 17.6 Å². The third-order valence-corrected chi connectivity index (χ3v) is 3.73. The van der Waals surface area contributed by atoms with E-state index in [2.05, 4.69) is 10.6 Å². The molecule has 2 atom stereocenters. The predicted molar refractivity (Wildman–Crippen MR) is 93.3 cm³/mol. The number of carbonyl (C=O) groups is 3. The number of nitrogens with one attached hydrogen (secondary N) is 2. The lowest BCUT2D eigenvalue weighted by atomic mass is 10.0. The van der Waals surface area contributed by atoms with Crippen molar-refractivity contribution < 1.29 is 14.4 Å². The van der Waals surface area contributed by atoms with Crippen molar-refractivity contribution in [3.05, 3.63) is 35.9 Å². The molecule has 24 heavy (non-hydrogen) atoms. The topological polar surface area (TPSA) is 101 Å². The minimum atomic E-state index is -0.707. The second kappa shape index (κ2) is 10.5. The van der Waals surface area contributed by atoms with Crippen molar-refractivity contribution in [3.63, 3.8) is 0 Å². The molecule has 0 aliphatic rings. The molecule has 0 saturated heterocycles. The standard InChI is InChI=1S/C18H27N3O3/c1-13(22)16(10-6-7-11-19)21-18(24)17(20-14(2)23)12-15-8-4-3-5-9-15/h3-5,8-9,16-17H,6-7,10-12,19H2,1-2H3,(H,20,23)(H,21,24)/t16-,17-/m0/s1. The maximum atomic E-state index is 12.5. The van der Waals surface area contributed by atoms with E-state index in [4.69, 9.17) is 5.73 Å². The molecule has 0 bridgehead atoms. The van der Waals surface area contributed by atoms with Crippen LogP contribution in [0.1, 0.15) is 38.7 Å². The van der Waals surface area contributed by atoms with Gasteiger partial charge < -0.3 is 16.4 Å². The highest BCUT2D eigenvalue weighted by molar-refractivity contribution is 5.91. The number of carbonyl (C=O) groups excluding carboxylic acids is 3. The van der Waals surface area contributed by atoms with E-state index in [9.17, 15) is 14.4 Å². The summed E-state index contributed by atoms with van der Waals surface area (Å²) in [4.78, 5) is 35.7. The Kier molecular flexibility index (Phi) is 8.71. The van der Waals surface area contributed by atoms with Crippen LogP contribution < -0.4 is 16.4 Å². The first-order valence-electron chi connectivity index (χ1n) is 8.26. The van der Waals surface area contributed by atoms with Gasteiger partial charge in [0.05, 0.1) is 6.04 Å². The number of Topliss-reactive ketones (excluding diaryl/α,β-unsaturated/α-hetero) is 1. The van der Waals surface area contributed by atoms with Crippen molar-refractivity contribution in [1.82, 2.24) is 10.6 Å². The minimum Gasteiger partial charge on any atom is -0.345 e. The van der Waals surface area contributed by atoms with Crippen LogP contribution in [0.4, 0.5) is 0 Å². The van der Waals surface area contributed by atoms with Gasteiger partial charge in [0.25, 0.3) is 0 Å². The fourth-order valence-electron chi connectivity index (χ4n) is 2.45. The average Bonchev–Trinajstić information content (AvgIpc) is 2.53. The zero-order valence-electron chi connectivity index (χ0n) is 14.4. The van der Waals surface area contributed by atoms with Crippen molar-refractivity contribution >= 4 is 17.6 Å². The summed E-state index contributed by atoms with van der Waals surface area (Å²) in [6, 6.07) is 8.18. The van der Waals surface area contributed by atoms with Gasteiger partial charge in [-0.15, -0.1) is 0 Å². The molecule has 0 aliphatic heterocycles. The van der Waals surface area contributed by atoms with Crippen molar-refractivity contribution in [2.75, 3.05) is 6.54 Å². The molecule has 0 heterocycles. The molecule has 132 valence electrons. The summed E-state index contributed by atoms with van der Waals surface area (Å²) in [5.74, 6) is -0.725. The molecule has 2 amide bonds. The number of hydrogen-bond acceptors (Lipinski definition) is 4. The normalized spacial score (nSPS) is 13.0. The van der Waals surface area contributed by atoms with Gasteiger partial charge in [0.1, 0.15) is 6.04 Å². The van der Waals surface area contributed by atoms with Gasteiger partial charge in [-0.25, -0.2) is 0 Å². The quantitative estimate of drug-likeness (QED) is 0.555. The summed E-state index contributed by atoms with van der Waals surface area (Å²) in [5, 5.41) is 5.41. The summed E-state index contributed by atoms with van der Waals surface area (Å²) >= 11 is 0. The largest absolute Gasteiger partial charge is 0.345 e. The molecule has 6 nitrogen and oxygen atoms in total. The second-order valence-corrected chi connectivity index (χ2v) is 5.90. The summed E-state index contributed by atoms with van der Waals surface area (Å²) in [6.07, 6.45) is 2.50. The number of hydrogen-bond donors (Lipinski definition) is 3. The van der Waals surface area contributed by atoms with E-state index in [1.54, 1.807) is 0 Å². The fraction of sp³-hybridized carbons (Fsp3) is 0.500. The molecule has 1 aromatic rings. The van der Waals surface area contributed by atoms with Gasteiger partial charge in [0.15, 0.2) is 5.78 Å². The van der Waals surface area contributed by atoms with Gasteiger partial charge in [-0.3, -0.25) is 14.4 Å². The van der Waals surface area contributed by atoms with Crippen LogP contribution in [0.15, 0.2) is 30.3 Å². The first-order chi connectivity index (χ1) is 11.4. The Morgan fingerprint density at radius 2 is 1.67 bits per heavy atom. The molecule has 1 aromatic carbocycles. The molecule has 0 aliphatic carbocycles. The molecular formula is C18H27N3O3. The van der Waals surface area contributed by atoms with Crippen LogP contribution in [0, 0.1) is 0 Å². The first-order valence-corrected chi connectivity index (χ1v) is 8.26. The molecule has 6 heteroatoms. The zero-order valence-corrected chi connectivity index (χ0v) is 14.4. The molecule has 0 fully saturated rings. The van der Waals surface area contributed by atoms with Gasteiger partial charge in [-0.2, -0.15) is 0 Å². The maximum absolute atomic E-state index is 12.5. The van der Waals surface area contributed by atoms with E-state index < -0.39 is 12.1 Å². The number of rotatable bonds is 10. The van der Waals surface area contributed by atoms with Gasteiger partial charge in [0.2, 0.25) is 11.8 Å². The van der Waals surface area contributed by atoms with E-state index in [1.165, 1.54) is 13.8 Å². The number of nitrogens with two attached hydrogens (primary N) is 1. The highest BCUT2D eigenvalue weighted by Gasteiger charge is 2.24. The molecule has 0 radical (unpaired) electrons. The monoisotopic (exact) mass is 333 g/mol. The highest BCUT2D eigenvalue weighted by atomic mass is 16.2. The number of unbranched alkanes of at least 4 members (excludes halogenated alkanes) is 1. The molecule has 4 N–H and O–H groups in total. The Morgan fingerprint density at radius 3 is 2.21 bits per heavy atom. The van der Waals surface area contributed by atoms with Crippen LogP contribution in [-0.2, 0) is 20.8 Å². The summed E-state index contributed by atoms with van der Waals surface area (Å²) in [7, 11) is 0. The summed E-state index contributed by atoms with van der Waals surface area (Å²) in [5.41, 5.74) is 6.40. The van der Waals surface area contributed by atoms with Gasteiger partial charge >= 0.3 is 0 Å². The first kappa shape index (κ1) is 19.8. The molecule has 0 aromatic heterocycles. The van der Waals surface area contributed by atoms with Gasteiger partial charge in [-0.1, -0.05) is 30.3 Å². The minimum absolute atomic E-state index is 0.0957. The van der Waals surface area contributed by atoms with Crippen LogP contribution in [0.5, 0.6) is 0 Å². The molecule has 1 rings (SSSR count). The van der Waals surface area contributed by atoms with Crippen LogP contribution in [0.3, 0.4) is 0 Å². The maximum Gasteiger partial charge on any atom is 0.243 e.